The zero-order valence-corrected chi connectivity index (χ0v) is 21.8. The van der Waals surface area contributed by atoms with Gasteiger partial charge in [-0.25, -0.2) is 0 Å². The minimum absolute atomic E-state index is 0.712. The van der Waals surface area contributed by atoms with Gasteiger partial charge in [-0.15, -0.1) is 0 Å². The van der Waals surface area contributed by atoms with Gasteiger partial charge in [0.25, 0.3) is 5.01 Å². The predicted octanol–water partition coefficient (Wildman–Crippen LogP) is 7.03. The zero-order valence-electron chi connectivity index (χ0n) is 21.0. The molecule has 2 heterocycles. The highest BCUT2D eigenvalue weighted by atomic mass is 32.1. The molecule has 2 aromatic carbocycles. The Bertz CT molecular complexity index is 1070. The van der Waals surface area contributed by atoms with E-state index in [1.54, 1.807) is 0 Å². The van der Waals surface area contributed by atoms with Crippen LogP contribution < -0.4 is 9.47 Å². The number of anilines is 1. The molecule has 3 aromatic rings. The molecule has 34 heavy (non-hydrogen) atoms. The van der Waals surface area contributed by atoms with Gasteiger partial charge in [-0.1, -0.05) is 74.8 Å². The Labute approximate surface area is 210 Å². The lowest BCUT2D eigenvalue weighted by Gasteiger charge is -2.39. The fraction of sp³-hybridized carbons (Fsp3) is 0.433. The van der Waals surface area contributed by atoms with E-state index in [0.717, 1.165) is 19.6 Å². The Morgan fingerprint density at radius 3 is 2.47 bits per heavy atom. The number of benzene rings is 2. The molecule has 4 rings (SSSR count). The van der Waals surface area contributed by atoms with Crippen molar-refractivity contribution in [2.24, 2.45) is 0 Å². The lowest BCUT2D eigenvalue weighted by Crippen LogP contribution is -2.49. The van der Waals surface area contributed by atoms with E-state index < -0.39 is 0 Å². The number of hydrogen-bond donors (Lipinski definition) is 0. The van der Waals surface area contributed by atoms with Crippen LogP contribution in [0.2, 0.25) is 0 Å². The standard InChI is InChI=1S/C30H40N3S/c1-4-6-7-8-11-25(3)31-21-23-32(24-22-31)27-17-14-26(15-18-27)16-19-30-33(20-5-2)28-12-9-10-13-29(28)34-30/h5,9-10,12-19,25H,2,4,6-8,11,20-24H2,1,3H3/q+1. The van der Waals surface area contributed by atoms with Gasteiger partial charge in [0.05, 0.1) is 0 Å². The Balaban J connectivity index is 1.34. The van der Waals surface area contributed by atoms with Gasteiger partial charge >= 0.3 is 0 Å². The van der Waals surface area contributed by atoms with Crippen LogP contribution >= 0.6 is 11.3 Å². The molecule has 180 valence electrons. The molecule has 0 radical (unpaired) electrons. The lowest BCUT2D eigenvalue weighted by atomic mass is 10.1. The number of unbranched alkanes of at least 4 members (excludes halogenated alkanes) is 3. The third-order valence-corrected chi connectivity index (χ3v) is 8.17. The number of nitrogens with zero attached hydrogens (tertiary/aromatic N) is 3. The average Bonchev–Trinajstić information content (AvgIpc) is 3.23. The van der Waals surface area contributed by atoms with E-state index in [1.165, 1.54) is 71.7 Å². The van der Waals surface area contributed by atoms with Crippen LogP contribution in [0.25, 0.3) is 22.4 Å². The van der Waals surface area contributed by atoms with Crippen LogP contribution in [-0.2, 0) is 6.54 Å². The topological polar surface area (TPSA) is 10.4 Å². The van der Waals surface area contributed by atoms with Gasteiger partial charge in [0.1, 0.15) is 4.70 Å². The maximum Gasteiger partial charge on any atom is 0.263 e. The van der Waals surface area contributed by atoms with E-state index in [9.17, 15) is 0 Å². The monoisotopic (exact) mass is 474 g/mol. The molecule has 1 unspecified atom stereocenters. The van der Waals surface area contributed by atoms with Crippen molar-refractivity contribution in [1.82, 2.24) is 4.90 Å². The Kier molecular flexibility index (Phi) is 8.95. The molecule has 3 nitrogen and oxygen atoms in total. The number of allylic oxidation sites excluding steroid dienone is 1. The summed E-state index contributed by atoms with van der Waals surface area (Å²) < 4.78 is 3.65. The van der Waals surface area contributed by atoms with Gasteiger partial charge in [-0.05, 0) is 49.3 Å². The van der Waals surface area contributed by atoms with Crippen LogP contribution in [-0.4, -0.2) is 37.1 Å². The molecule has 1 fully saturated rings. The Morgan fingerprint density at radius 2 is 1.74 bits per heavy atom. The van der Waals surface area contributed by atoms with E-state index in [2.05, 4.69) is 95.5 Å². The van der Waals surface area contributed by atoms with Crippen molar-refractivity contribution in [2.45, 2.75) is 58.5 Å². The molecule has 1 saturated heterocycles. The molecule has 0 N–H and O–H groups in total. The first-order valence-electron chi connectivity index (χ1n) is 13.0. The minimum atomic E-state index is 0.712. The number of thiazole rings is 1. The van der Waals surface area contributed by atoms with E-state index in [0.29, 0.717) is 6.04 Å². The maximum absolute atomic E-state index is 3.94. The number of piperazine rings is 1. The van der Waals surface area contributed by atoms with Crippen molar-refractivity contribution in [1.29, 1.82) is 0 Å². The minimum Gasteiger partial charge on any atom is -0.369 e. The van der Waals surface area contributed by atoms with Gasteiger partial charge < -0.3 is 4.90 Å². The summed E-state index contributed by atoms with van der Waals surface area (Å²) in [5.41, 5.74) is 3.86. The number of rotatable bonds is 11. The summed E-state index contributed by atoms with van der Waals surface area (Å²) in [7, 11) is 0. The van der Waals surface area contributed by atoms with Crippen molar-refractivity contribution in [2.75, 3.05) is 31.1 Å². The van der Waals surface area contributed by atoms with E-state index in [1.807, 2.05) is 17.4 Å². The van der Waals surface area contributed by atoms with Crippen molar-refractivity contribution in [3.8, 4) is 0 Å². The highest BCUT2D eigenvalue weighted by Gasteiger charge is 2.21. The fourth-order valence-electron chi connectivity index (χ4n) is 4.93. The molecule has 0 amide bonds. The SMILES string of the molecule is C=CC[n+]1c(/C=C/c2ccc(N3CCN(C(C)CCCCCC)CC3)cc2)sc2ccccc21. The van der Waals surface area contributed by atoms with Crippen molar-refractivity contribution in [3.05, 3.63) is 71.8 Å². The summed E-state index contributed by atoms with van der Waals surface area (Å²) >= 11 is 1.83. The van der Waals surface area contributed by atoms with E-state index in [4.69, 9.17) is 0 Å². The van der Waals surface area contributed by atoms with Crippen LogP contribution in [0, 0.1) is 0 Å². The normalized spacial score (nSPS) is 15.9. The third-order valence-electron chi connectivity index (χ3n) is 7.04. The second-order valence-electron chi connectivity index (χ2n) is 9.45. The number of aromatic nitrogens is 1. The number of para-hydroxylation sites is 1. The lowest BCUT2D eigenvalue weighted by molar-refractivity contribution is -0.658. The van der Waals surface area contributed by atoms with Crippen molar-refractivity contribution < 1.29 is 4.57 Å². The molecular weight excluding hydrogens is 434 g/mol. The zero-order chi connectivity index (χ0) is 23.8. The first-order chi connectivity index (χ1) is 16.7. The summed E-state index contributed by atoms with van der Waals surface area (Å²) in [5, 5.41) is 1.25. The summed E-state index contributed by atoms with van der Waals surface area (Å²) in [6.45, 7) is 14.1. The third kappa shape index (κ3) is 6.17. The highest BCUT2D eigenvalue weighted by Crippen LogP contribution is 2.23. The van der Waals surface area contributed by atoms with Gasteiger partial charge in [0, 0.05) is 50.1 Å². The second-order valence-corrected chi connectivity index (χ2v) is 10.5. The van der Waals surface area contributed by atoms with Crippen LogP contribution in [0.4, 0.5) is 5.69 Å². The first kappa shape index (κ1) is 24.7. The maximum atomic E-state index is 3.94. The molecule has 1 aliphatic heterocycles. The molecule has 1 atom stereocenters. The Hall–Kier alpha value is -2.43. The smallest absolute Gasteiger partial charge is 0.263 e. The van der Waals surface area contributed by atoms with E-state index >= 15 is 0 Å². The molecule has 0 saturated carbocycles. The first-order valence-corrected chi connectivity index (χ1v) is 13.8. The van der Waals surface area contributed by atoms with Crippen LogP contribution in [0.15, 0.2) is 61.2 Å². The second kappa shape index (κ2) is 12.3. The number of hydrogen-bond acceptors (Lipinski definition) is 3. The van der Waals surface area contributed by atoms with E-state index in [-0.39, 0.29) is 0 Å². The molecule has 1 aliphatic rings. The molecule has 4 heteroatoms. The van der Waals surface area contributed by atoms with Crippen molar-refractivity contribution >= 4 is 39.4 Å². The fourth-order valence-corrected chi connectivity index (χ4v) is 6.00. The molecule has 1 aromatic heterocycles. The molecule has 0 aliphatic carbocycles. The molecule has 0 spiro atoms. The Morgan fingerprint density at radius 1 is 0.971 bits per heavy atom. The quantitative estimate of drug-likeness (QED) is 0.168. The van der Waals surface area contributed by atoms with Gasteiger partial charge in [0.2, 0.25) is 5.52 Å². The molecular formula is C30H40N3S+. The van der Waals surface area contributed by atoms with Gasteiger partial charge in [-0.2, -0.15) is 4.57 Å². The summed E-state index contributed by atoms with van der Waals surface area (Å²) in [5.74, 6) is 0. The van der Waals surface area contributed by atoms with Crippen molar-refractivity contribution in [3.63, 3.8) is 0 Å². The van der Waals surface area contributed by atoms with Gasteiger partial charge in [-0.3, -0.25) is 4.90 Å². The molecule has 0 bridgehead atoms. The van der Waals surface area contributed by atoms with Crippen LogP contribution in [0.3, 0.4) is 0 Å². The average molecular weight is 475 g/mol. The highest BCUT2D eigenvalue weighted by molar-refractivity contribution is 7.18. The predicted molar refractivity (Wildman–Crippen MR) is 150 cm³/mol. The van der Waals surface area contributed by atoms with Gasteiger partial charge in [0.15, 0.2) is 6.54 Å². The van der Waals surface area contributed by atoms with Crippen LogP contribution in [0.5, 0.6) is 0 Å². The van der Waals surface area contributed by atoms with Crippen LogP contribution in [0.1, 0.15) is 56.5 Å². The summed E-state index contributed by atoms with van der Waals surface area (Å²) in [6.07, 6.45) is 13.2. The largest absolute Gasteiger partial charge is 0.369 e. The summed E-state index contributed by atoms with van der Waals surface area (Å²) in [4.78, 5) is 5.22. The number of fused-ring (bicyclic) bond motifs is 1. The summed E-state index contributed by atoms with van der Waals surface area (Å²) in [6, 6.07) is 18.4.